The smallest absolute Gasteiger partial charge is 0.0462 e. The molecule has 0 atom stereocenters. The van der Waals surface area contributed by atoms with Crippen molar-refractivity contribution in [2.75, 3.05) is 4.90 Å². The van der Waals surface area contributed by atoms with Gasteiger partial charge in [0, 0.05) is 27.9 Å². The molecule has 0 radical (unpaired) electrons. The Morgan fingerprint density at radius 1 is 0.344 bits per heavy atom. The second-order valence-electron chi connectivity index (χ2n) is 18.8. The third kappa shape index (κ3) is 6.37. The molecule has 0 unspecified atom stereocenters. The summed E-state index contributed by atoms with van der Waals surface area (Å²) < 4.78 is 0. The van der Waals surface area contributed by atoms with Crippen LogP contribution in [-0.4, -0.2) is 0 Å². The highest BCUT2D eigenvalue weighted by atomic mass is 15.1. The molecule has 8 aromatic rings. The average molecular weight is 788 g/mol. The van der Waals surface area contributed by atoms with Gasteiger partial charge in [0.25, 0.3) is 0 Å². The van der Waals surface area contributed by atoms with E-state index in [-0.39, 0.29) is 10.8 Å². The fraction of sp³-hybridized carbons (Fsp3) is 0.200. The number of hydrogen-bond acceptors (Lipinski definition) is 1. The number of benzene rings is 8. The van der Waals surface area contributed by atoms with Crippen molar-refractivity contribution in [1.82, 2.24) is 0 Å². The number of fused-ring (bicyclic) bond motifs is 6. The van der Waals surface area contributed by atoms with Crippen molar-refractivity contribution in [3.8, 4) is 55.6 Å². The highest BCUT2D eigenvalue weighted by Crippen LogP contribution is 2.51. The molecule has 61 heavy (non-hydrogen) atoms. The van der Waals surface area contributed by atoms with Crippen molar-refractivity contribution >= 4 is 17.1 Å². The van der Waals surface area contributed by atoms with Crippen molar-refractivity contribution in [2.45, 2.75) is 76.5 Å². The van der Waals surface area contributed by atoms with Crippen molar-refractivity contribution in [3.63, 3.8) is 0 Å². The zero-order chi connectivity index (χ0) is 41.3. The fourth-order valence-corrected chi connectivity index (χ4v) is 11.0. The van der Waals surface area contributed by atoms with Crippen molar-refractivity contribution in [2.24, 2.45) is 0 Å². The summed E-state index contributed by atoms with van der Waals surface area (Å²) in [5.74, 6) is 0.717. The minimum absolute atomic E-state index is 0.0323. The summed E-state index contributed by atoms with van der Waals surface area (Å²) in [5.41, 5.74) is 23.4. The first-order valence-corrected chi connectivity index (χ1v) is 22.4. The first-order chi connectivity index (χ1) is 29.7. The lowest BCUT2D eigenvalue weighted by molar-refractivity contribution is 0.443. The molecule has 8 aromatic carbocycles. The summed E-state index contributed by atoms with van der Waals surface area (Å²) in [6.45, 7) is 9.43. The molecule has 3 aliphatic rings. The topological polar surface area (TPSA) is 3.24 Å². The Hall–Kier alpha value is -6.44. The van der Waals surface area contributed by atoms with Gasteiger partial charge in [-0.25, -0.2) is 0 Å². The van der Waals surface area contributed by atoms with Crippen LogP contribution in [0.4, 0.5) is 17.1 Å². The van der Waals surface area contributed by atoms with Gasteiger partial charge in [-0.2, -0.15) is 0 Å². The number of rotatable bonds is 7. The molecular formula is C60H53N. The Morgan fingerprint density at radius 2 is 0.689 bits per heavy atom. The molecule has 1 saturated carbocycles. The van der Waals surface area contributed by atoms with Crippen LogP contribution in [0.1, 0.15) is 93.5 Å². The van der Waals surface area contributed by atoms with E-state index >= 15 is 0 Å². The summed E-state index contributed by atoms with van der Waals surface area (Å²) in [7, 11) is 0. The lowest BCUT2D eigenvalue weighted by Crippen LogP contribution is -2.14. The van der Waals surface area contributed by atoms with E-state index in [1.54, 1.807) is 0 Å². The SMILES string of the molecule is CC1(C)c2ccccc2-c2ccc(-c3ccc(N(c4ccc(-c5ccc(C6CCCCC6)cc5)cc4)c4ccc(-c5ccc6c(c5)C(C)(C)c5ccccc5-6)cc4)cc3)cc21. The van der Waals surface area contributed by atoms with Crippen LogP contribution in [0.5, 0.6) is 0 Å². The molecule has 0 N–H and O–H groups in total. The Labute approximate surface area is 362 Å². The second kappa shape index (κ2) is 14.6. The Morgan fingerprint density at radius 3 is 1.11 bits per heavy atom. The molecule has 298 valence electrons. The van der Waals surface area contributed by atoms with Gasteiger partial charge in [0.2, 0.25) is 0 Å². The maximum absolute atomic E-state index is 2.42. The molecule has 0 aliphatic heterocycles. The van der Waals surface area contributed by atoms with Crippen LogP contribution in [0.15, 0.2) is 182 Å². The molecule has 1 nitrogen and oxygen atoms in total. The summed E-state index contributed by atoms with van der Waals surface area (Å²) in [6, 6.07) is 68.7. The molecule has 0 spiro atoms. The van der Waals surface area contributed by atoms with Gasteiger partial charge >= 0.3 is 0 Å². The Bertz CT molecular complexity index is 2750. The van der Waals surface area contributed by atoms with E-state index in [2.05, 4.69) is 215 Å². The van der Waals surface area contributed by atoms with E-state index < -0.39 is 0 Å². The van der Waals surface area contributed by atoms with E-state index in [4.69, 9.17) is 0 Å². The summed E-state index contributed by atoms with van der Waals surface area (Å²) in [6.07, 6.45) is 6.76. The van der Waals surface area contributed by atoms with Crippen LogP contribution in [0.3, 0.4) is 0 Å². The minimum atomic E-state index is -0.0323. The maximum atomic E-state index is 2.42. The molecule has 11 rings (SSSR count). The first-order valence-electron chi connectivity index (χ1n) is 22.4. The number of nitrogens with zero attached hydrogens (tertiary/aromatic N) is 1. The number of hydrogen-bond donors (Lipinski definition) is 0. The largest absolute Gasteiger partial charge is 0.311 e. The van der Waals surface area contributed by atoms with Gasteiger partial charge in [-0.3, -0.25) is 0 Å². The van der Waals surface area contributed by atoms with Gasteiger partial charge in [-0.05, 0) is 151 Å². The highest BCUT2D eigenvalue weighted by Gasteiger charge is 2.36. The average Bonchev–Trinajstić information content (AvgIpc) is 3.69. The van der Waals surface area contributed by atoms with Gasteiger partial charge < -0.3 is 4.90 Å². The normalized spacial score (nSPS) is 15.7. The van der Waals surface area contributed by atoms with E-state index in [1.165, 1.54) is 116 Å². The van der Waals surface area contributed by atoms with Crippen LogP contribution in [0.25, 0.3) is 55.6 Å². The maximum Gasteiger partial charge on any atom is 0.0462 e. The van der Waals surface area contributed by atoms with Crippen molar-refractivity contribution < 1.29 is 0 Å². The van der Waals surface area contributed by atoms with Crippen LogP contribution in [-0.2, 0) is 10.8 Å². The zero-order valence-corrected chi connectivity index (χ0v) is 35.9. The Balaban J connectivity index is 0.927. The molecule has 0 aromatic heterocycles. The third-order valence-corrected chi connectivity index (χ3v) is 14.5. The van der Waals surface area contributed by atoms with E-state index in [1.807, 2.05) is 0 Å². The van der Waals surface area contributed by atoms with Crippen LogP contribution < -0.4 is 4.90 Å². The molecule has 0 amide bonds. The summed E-state index contributed by atoms with van der Waals surface area (Å²) in [4.78, 5) is 2.40. The summed E-state index contributed by atoms with van der Waals surface area (Å²) in [5, 5.41) is 0. The standard InChI is InChI=1S/C60H53N/c1-59(2)55-16-10-8-14-51(55)53-36-28-46(38-57(53)59)44-24-32-49(33-25-44)61(48-30-22-43(23-31-48)42-20-18-41(19-21-42)40-12-6-5-7-13-40)50-34-26-45(27-35-50)47-29-37-54-52-15-9-11-17-56(52)60(3,4)58(54)39-47/h8-11,14-40H,5-7,12-13H2,1-4H3. The zero-order valence-electron chi connectivity index (χ0n) is 35.9. The monoisotopic (exact) mass is 787 g/mol. The van der Waals surface area contributed by atoms with Crippen LogP contribution in [0.2, 0.25) is 0 Å². The lowest BCUT2D eigenvalue weighted by Gasteiger charge is -2.26. The predicted octanol–water partition coefficient (Wildman–Crippen LogP) is 16.8. The van der Waals surface area contributed by atoms with E-state index in [9.17, 15) is 0 Å². The van der Waals surface area contributed by atoms with Gasteiger partial charge in [-0.15, -0.1) is 0 Å². The third-order valence-electron chi connectivity index (χ3n) is 14.5. The summed E-state index contributed by atoms with van der Waals surface area (Å²) >= 11 is 0. The first kappa shape index (κ1) is 37.6. The van der Waals surface area contributed by atoms with Crippen molar-refractivity contribution in [3.05, 3.63) is 210 Å². The van der Waals surface area contributed by atoms with Crippen molar-refractivity contribution in [1.29, 1.82) is 0 Å². The Kier molecular flexibility index (Phi) is 9.01. The van der Waals surface area contributed by atoms with E-state index in [0.29, 0.717) is 0 Å². The molecule has 0 bridgehead atoms. The van der Waals surface area contributed by atoms with Crippen LogP contribution >= 0.6 is 0 Å². The molecule has 0 heterocycles. The molecule has 1 fully saturated rings. The molecule has 0 saturated heterocycles. The molecular weight excluding hydrogens is 735 g/mol. The van der Waals surface area contributed by atoms with Gasteiger partial charge in [0.05, 0.1) is 0 Å². The number of anilines is 3. The second-order valence-corrected chi connectivity index (χ2v) is 18.8. The molecule has 1 heteroatoms. The molecule has 3 aliphatic carbocycles. The van der Waals surface area contributed by atoms with E-state index in [0.717, 1.165) is 23.0 Å². The quantitative estimate of drug-likeness (QED) is 0.155. The fourth-order valence-electron chi connectivity index (χ4n) is 11.0. The highest BCUT2D eigenvalue weighted by molar-refractivity contribution is 5.86. The van der Waals surface area contributed by atoms with Gasteiger partial charge in [0.15, 0.2) is 0 Å². The van der Waals surface area contributed by atoms with Gasteiger partial charge in [-0.1, -0.05) is 180 Å². The minimum Gasteiger partial charge on any atom is -0.311 e. The van der Waals surface area contributed by atoms with Gasteiger partial charge in [0.1, 0.15) is 0 Å². The predicted molar refractivity (Wildman–Crippen MR) is 258 cm³/mol. The lowest BCUT2D eigenvalue weighted by atomic mass is 9.81. The van der Waals surface area contributed by atoms with Crippen LogP contribution in [0, 0.1) is 0 Å².